The van der Waals surface area contributed by atoms with Gasteiger partial charge in [-0.1, -0.05) is 17.7 Å². The molecular weight excluding hydrogens is 376 g/mol. The fourth-order valence-electron chi connectivity index (χ4n) is 3.17. The Morgan fingerprint density at radius 2 is 1.57 bits per heavy atom. The fourth-order valence-corrected chi connectivity index (χ4v) is 3.54. The highest BCUT2D eigenvalue weighted by atomic mass is 35.5. The van der Waals surface area contributed by atoms with E-state index >= 15 is 0 Å². The molecular formula is C21H21ClN4O2. The quantitative estimate of drug-likeness (QED) is 0.622. The molecule has 28 heavy (non-hydrogen) atoms. The number of rotatable bonds is 4. The van der Waals surface area contributed by atoms with Gasteiger partial charge in [0, 0.05) is 17.8 Å². The Kier molecular flexibility index (Phi) is 4.96. The number of aryl methyl sites for hydroxylation is 3. The van der Waals surface area contributed by atoms with Gasteiger partial charge >= 0.3 is 0 Å². The predicted molar refractivity (Wildman–Crippen MR) is 112 cm³/mol. The Labute approximate surface area is 168 Å². The van der Waals surface area contributed by atoms with Gasteiger partial charge in [-0.3, -0.25) is 0 Å². The minimum atomic E-state index is 0.549. The zero-order chi connectivity index (χ0) is 19.7. The summed E-state index contributed by atoms with van der Waals surface area (Å²) in [5, 5.41) is 7.28. The lowest BCUT2D eigenvalue weighted by Crippen LogP contribution is -2.15. The number of halogens is 1. The minimum Gasteiger partial charge on any atom is -0.486 e. The summed E-state index contributed by atoms with van der Waals surface area (Å²) in [7, 11) is 0. The van der Waals surface area contributed by atoms with E-state index in [1.54, 1.807) is 0 Å². The molecule has 0 fully saturated rings. The first-order valence-electron chi connectivity index (χ1n) is 9.04. The number of benzene rings is 2. The highest BCUT2D eigenvalue weighted by molar-refractivity contribution is 6.33. The van der Waals surface area contributed by atoms with E-state index < -0.39 is 0 Å². The maximum Gasteiger partial charge on any atom is 0.163 e. The van der Waals surface area contributed by atoms with Gasteiger partial charge in [0.2, 0.25) is 0 Å². The molecule has 4 rings (SSSR count). The van der Waals surface area contributed by atoms with E-state index in [0.717, 1.165) is 34.0 Å². The maximum absolute atomic E-state index is 6.41. The van der Waals surface area contributed by atoms with Crippen LogP contribution in [0.1, 0.15) is 17.0 Å². The van der Waals surface area contributed by atoms with Crippen LogP contribution in [-0.2, 0) is 0 Å². The number of hydrogen-bond donors (Lipinski definition) is 2. The van der Waals surface area contributed by atoms with E-state index in [1.165, 1.54) is 0 Å². The minimum absolute atomic E-state index is 0.549. The van der Waals surface area contributed by atoms with Crippen LogP contribution in [0.25, 0.3) is 0 Å². The third-order valence-electron chi connectivity index (χ3n) is 4.34. The molecule has 1 aromatic heterocycles. The molecule has 0 radical (unpaired) electrons. The average molecular weight is 397 g/mol. The Morgan fingerprint density at radius 3 is 2.32 bits per heavy atom. The summed E-state index contributed by atoms with van der Waals surface area (Å²) in [6.07, 6.45) is 0. The zero-order valence-corrected chi connectivity index (χ0v) is 16.7. The van der Waals surface area contributed by atoms with Crippen LogP contribution in [0.5, 0.6) is 11.5 Å². The molecule has 0 amide bonds. The SMILES string of the molecule is Cc1cc(C)c(Nc2cc(Nc3ccc4c(c3)OCCO4)nc(C)n2)c(Cl)c1. The second-order valence-corrected chi connectivity index (χ2v) is 7.14. The highest BCUT2D eigenvalue weighted by Gasteiger charge is 2.13. The first kappa shape index (κ1) is 18.4. The molecule has 2 heterocycles. The summed E-state index contributed by atoms with van der Waals surface area (Å²) >= 11 is 6.41. The van der Waals surface area contributed by atoms with Crippen LogP contribution in [0.3, 0.4) is 0 Å². The van der Waals surface area contributed by atoms with Crippen LogP contribution >= 0.6 is 11.6 Å². The van der Waals surface area contributed by atoms with Gasteiger partial charge in [0.15, 0.2) is 11.5 Å². The van der Waals surface area contributed by atoms with Gasteiger partial charge in [-0.15, -0.1) is 0 Å². The van der Waals surface area contributed by atoms with Crippen LogP contribution in [-0.4, -0.2) is 23.2 Å². The number of hydrogen-bond acceptors (Lipinski definition) is 6. The molecule has 0 saturated carbocycles. The van der Waals surface area contributed by atoms with Gasteiger partial charge in [0.05, 0.1) is 10.7 Å². The summed E-state index contributed by atoms with van der Waals surface area (Å²) in [5.41, 5.74) is 3.88. The Hall–Kier alpha value is -2.99. The summed E-state index contributed by atoms with van der Waals surface area (Å²) in [6, 6.07) is 11.6. The Balaban J connectivity index is 1.59. The van der Waals surface area contributed by atoms with Crippen molar-refractivity contribution in [3.05, 3.63) is 58.4 Å². The van der Waals surface area contributed by atoms with E-state index in [-0.39, 0.29) is 0 Å². The van der Waals surface area contributed by atoms with Crippen molar-refractivity contribution < 1.29 is 9.47 Å². The lowest BCUT2D eigenvalue weighted by Gasteiger charge is -2.19. The third-order valence-corrected chi connectivity index (χ3v) is 4.64. The van der Waals surface area contributed by atoms with E-state index in [0.29, 0.717) is 35.7 Å². The van der Waals surface area contributed by atoms with E-state index in [2.05, 4.69) is 26.7 Å². The molecule has 144 valence electrons. The van der Waals surface area contributed by atoms with Crippen molar-refractivity contribution in [1.29, 1.82) is 0 Å². The van der Waals surface area contributed by atoms with Crippen molar-refractivity contribution in [3.8, 4) is 11.5 Å². The monoisotopic (exact) mass is 396 g/mol. The number of aromatic nitrogens is 2. The molecule has 7 heteroatoms. The Morgan fingerprint density at radius 1 is 0.857 bits per heavy atom. The number of ether oxygens (including phenoxy) is 2. The van der Waals surface area contributed by atoms with Gasteiger partial charge in [0.1, 0.15) is 30.7 Å². The Bertz CT molecular complexity index is 1020. The molecule has 2 N–H and O–H groups in total. The van der Waals surface area contributed by atoms with Crippen molar-refractivity contribution in [1.82, 2.24) is 9.97 Å². The predicted octanol–water partition coefficient (Wildman–Crippen LogP) is 5.31. The number of anilines is 4. The largest absolute Gasteiger partial charge is 0.486 e. The van der Waals surface area contributed by atoms with Crippen molar-refractivity contribution >= 4 is 34.6 Å². The molecule has 0 aliphatic carbocycles. The second kappa shape index (κ2) is 7.56. The van der Waals surface area contributed by atoms with Crippen molar-refractivity contribution in [2.75, 3.05) is 23.8 Å². The number of fused-ring (bicyclic) bond motifs is 1. The lowest BCUT2D eigenvalue weighted by atomic mass is 10.1. The van der Waals surface area contributed by atoms with E-state index in [9.17, 15) is 0 Å². The second-order valence-electron chi connectivity index (χ2n) is 6.73. The van der Waals surface area contributed by atoms with Crippen LogP contribution in [0.2, 0.25) is 5.02 Å². The van der Waals surface area contributed by atoms with Crippen molar-refractivity contribution in [2.45, 2.75) is 20.8 Å². The fraction of sp³-hybridized carbons (Fsp3) is 0.238. The standard InChI is InChI=1S/C21H21ClN4O2/c1-12-8-13(2)21(16(22)9-12)26-20-11-19(23-14(3)24-20)25-15-4-5-17-18(10-15)28-7-6-27-17/h4-5,8-11H,6-7H2,1-3H3,(H2,23,24,25,26). The topological polar surface area (TPSA) is 68.3 Å². The van der Waals surface area contributed by atoms with Crippen LogP contribution in [0.15, 0.2) is 36.4 Å². The van der Waals surface area contributed by atoms with Crippen molar-refractivity contribution in [3.63, 3.8) is 0 Å². The summed E-state index contributed by atoms with van der Waals surface area (Å²) in [5.74, 6) is 3.46. The summed E-state index contributed by atoms with van der Waals surface area (Å²) < 4.78 is 11.2. The van der Waals surface area contributed by atoms with Gasteiger partial charge in [-0.25, -0.2) is 9.97 Å². The average Bonchev–Trinajstić information content (AvgIpc) is 2.64. The summed E-state index contributed by atoms with van der Waals surface area (Å²) in [6.45, 7) is 7.01. The van der Waals surface area contributed by atoms with Crippen LogP contribution in [0, 0.1) is 20.8 Å². The van der Waals surface area contributed by atoms with Gasteiger partial charge in [-0.2, -0.15) is 0 Å². The van der Waals surface area contributed by atoms with Crippen molar-refractivity contribution in [2.24, 2.45) is 0 Å². The molecule has 0 bridgehead atoms. The molecule has 1 aliphatic heterocycles. The molecule has 0 spiro atoms. The number of nitrogens with one attached hydrogen (secondary N) is 2. The first-order valence-corrected chi connectivity index (χ1v) is 9.42. The maximum atomic E-state index is 6.41. The molecule has 0 atom stereocenters. The molecule has 0 saturated heterocycles. The number of nitrogens with zero attached hydrogens (tertiary/aromatic N) is 2. The molecule has 6 nitrogen and oxygen atoms in total. The molecule has 0 unspecified atom stereocenters. The first-order chi connectivity index (χ1) is 13.5. The summed E-state index contributed by atoms with van der Waals surface area (Å²) in [4.78, 5) is 8.95. The van der Waals surface area contributed by atoms with E-state index in [1.807, 2.05) is 51.1 Å². The smallest absolute Gasteiger partial charge is 0.163 e. The molecule has 3 aromatic rings. The van der Waals surface area contributed by atoms with Gasteiger partial charge < -0.3 is 20.1 Å². The van der Waals surface area contributed by atoms with Gasteiger partial charge in [-0.05, 0) is 50.1 Å². The zero-order valence-electron chi connectivity index (χ0n) is 16.0. The molecule has 2 aromatic carbocycles. The van der Waals surface area contributed by atoms with Crippen LogP contribution < -0.4 is 20.1 Å². The van der Waals surface area contributed by atoms with Crippen LogP contribution in [0.4, 0.5) is 23.0 Å². The highest BCUT2D eigenvalue weighted by Crippen LogP contribution is 2.34. The third kappa shape index (κ3) is 3.97. The molecule has 1 aliphatic rings. The van der Waals surface area contributed by atoms with E-state index in [4.69, 9.17) is 21.1 Å². The normalized spacial score (nSPS) is 12.6. The lowest BCUT2D eigenvalue weighted by molar-refractivity contribution is 0.171. The van der Waals surface area contributed by atoms with Gasteiger partial charge in [0.25, 0.3) is 0 Å².